The number of hydrogen-bond acceptors (Lipinski definition) is 3. The van der Waals surface area contributed by atoms with Crippen molar-refractivity contribution < 1.29 is 4.79 Å². The fraction of sp³-hybridized carbons (Fsp3) is 0.917. The van der Waals surface area contributed by atoms with Crippen LogP contribution in [0, 0.1) is 5.92 Å². The third kappa shape index (κ3) is 4.94. The highest BCUT2D eigenvalue weighted by atomic mass is 16.2. The van der Waals surface area contributed by atoms with Gasteiger partial charge in [-0.05, 0) is 26.3 Å². The minimum absolute atomic E-state index is 0.0747. The third-order valence-corrected chi connectivity index (χ3v) is 3.13. The second-order valence-corrected chi connectivity index (χ2v) is 5.09. The van der Waals surface area contributed by atoms with Crippen LogP contribution in [0.5, 0.6) is 0 Å². The molecule has 0 spiro atoms. The van der Waals surface area contributed by atoms with Crippen molar-refractivity contribution in [3.05, 3.63) is 0 Å². The summed E-state index contributed by atoms with van der Waals surface area (Å²) in [7, 11) is 5.54. The van der Waals surface area contributed by atoms with E-state index in [1.807, 2.05) is 14.0 Å². The van der Waals surface area contributed by atoms with Gasteiger partial charge in [-0.15, -0.1) is 0 Å². The number of carbonyl (C=O) groups excluding carboxylic acids is 1. The Morgan fingerprint density at radius 1 is 1.19 bits per heavy atom. The predicted molar refractivity (Wildman–Crippen MR) is 68.2 cm³/mol. The van der Waals surface area contributed by atoms with Gasteiger partial charge in [0.2, 0.25) is 5.91 Å². The summed E-state index contributed by atoms with van der Waals surface area (Å²) < 4.78 is 0. The fourth-order valence-corrected chi connectivity index (χ4v) is 1.44. The minimum atomic E-state index is -0.0747. The third-order valence-electron chi connectivity index (χ3n) is 3.13. The Morgan fingerprint density at radius 2 is 1.69 bits per heavy atom. The molecule has 0 aliphatic rings. The second kappa shape index (κ2) is 6.86. The monoisotopic (exact) mass is 229 g/mol. The van der Waals surface area contributed by atoms with Gasteiger partial charge in [-0.1, -0.05) is 13.8 Å². The molecule has 0 fully saturated rings. The van der Waals surface area contributed by atoms with Gasteiger partial charge in [-0.2, -0.15) is 0 Å². The van der Waals surface area contributed by atoms with Crippen LogP contribution in [0.25, 0.3) is 0 Å². The average Bonchev–Trinajstić information content (AvgIpc) is 2.22. The first kappa shape index (κ1) is 15.4. The van der Waals surface area contributed by atoms with Crippen LogP contribution in [-0.4, -0.2) is 55.5 Å². The van der Waals surface area contributed by atoms with Gasteiger partial charge < -0.3 is 10.6 Å². The molecular formula is C12H27N3O. The Hall–Kier alpha value is -0.610. The molecule has 2 unspecified atom stereocenters. The van der Waals surface area contributed by atoms with E-state index in [4.69, 9.17) is 5.73 Å². The highest BCUT2D eigenvalue weighted by Gasteiger charge is 2.20. The molecule has 0 saturated heterocycles. The standard InChI is InChI=1S/C12H27N3O/c1-9(2)11(13)7-8-15(6)10(3)12(16)14(4)5/h9-11H,7-8,13H2,1-6H3. The first-order valence-electron chi connectivity index (χ1n) is 5.94. The van der Waals surface area contributed by atoms with E-state index in [0.717, 1.165) is 13.0 Å². The summed E-state index contributed by atoms with van der Waals surface area (Å²) in [6.45, 7) is 7.04. The van der Waals surface area contributed by atoms with E-state index in [1.54, 1.807) is 19.0 Å². The highest BCUT2D eigenvalue weighted by molar-refractivity contribution is 5.80. The summed E-state index contributed by atoms with van der Waals surface area (Å²) in [5, 5.41) is 0. The maximum Gasteiger partial charge on any atom is 0.239 e. The van der Waals surface area contributed by atoms with E-state index in [9.17, 15) is 4.79 Å². The summed E-state index contributed by atoms with van der Waals surface area (Å²) in [4.78, 5) is 15.4. The quantitative estimate of drug-likeness (QED) is 0.732. The van der Waals surface area contributed by atoms with E-state index in [1.165, 1.54) is 0 Å². The topological polar surface area (TPSA) is 49.6 Å². The van der Waals surface area contributed by atoms with E-state index in [-0.39, 0.29) is 18.0 Å². The molecule has 96 valence electrons. The van der Waals surface area contributed by atoms with Crippen LogP contribution in [0.3, 0.4) is 0 Å². The Bertz CT molecular complexity index is 216. The van der Waals surface area contributed by atoms with Crippen molar-refractivity contribution in [3.8, 4) is 0 Å². The number of nitrogens with two attached hydrogens (primary N) is 1. The predicted octanol–water partition coefficient (Wildman–Crippen LogP) is 0.768. The van der Waals surface area contributed by atoms with Gasteiger partial charge in [0, 0.05) is 26.7 Å². The van der Waals surface area contributed by atoms with Crippen molar-refractivity contribution in [2.24, 2.45) is 11.7 Å². The molecule has 0 aliphatic carbocycles. The number of likely N-dealkylation sites (N-methyl/N-ethyl adjacent to an activating group) is 2. The van der Waals surface area contributed by atoms with Gasteiger partial charge in [0.25, 0.3) is 0 Å². The van der Waals surface area contributed by atoms with Crippen LogP contribution < -0.4 is 5.73 Å². The van der Waals surface area contributed by atoms with Gasteiger partial charge in [0.05, 0.1) is 6.04 Å². The molecule has 0 heterocycles. The molecule has 0 bridgehead atoms. The van der Waals surface area contributed by atoms with Crippen molar-refractivity contribution >= 4 is 5.91 Å². The summed E-state index contributed by atoms with van der Waals surface area (Å²) in [5.41, 5.74) is 5.98. The van der Waals surface area contributed by atoms with E-state index >= 15 is 0 Å². The van der Waals surface area contributed by atoms with E-state index < -0.39 is 0 Å². The largest absolute Gasteiger partial charge is 0.347 e. The number of rotatable bonds is 6. The maximum absolute atomic E-state index is 11.7. The van der Waals surface area contributed by atoms with E-state index in [0.29, 0.717) is 5.92 Å². The number of nitrogens with zero attached hydrogens (tertiary/aromatic N) is 2. The van der Waals surface area contributed by atoms with Crippen LogP contribution in [0.15, 0.2) is 0 Å². The van der Waals surface area contributed by atoms with Crippen molar-refractivity contribution in [1.82, 2.24) is 9.80 Å². The van der Waals surface area contributed by atoms with Crippen LogP contribution >= 0.6 is 0 Å². The van der Waals surface area contributed by atoms with Gasteiger partial charge in [-0.3, -0.25) is 9.69 Å². The molecule has 2 atom stereocenters. The molecule has 0 aromatic rings. The molecule has 0 radical (unpaired) electrons. The van der Waals surface area contributed by atoms with Gasteiger partial charge in [0.15, 0.2) is 0 Å². The Balaban J connectivity index is 4.06. The van der Waals surface area contributed by atoms with Crippen molar-refractivity contribution in [2.75, 3.05) is 27.7 Å². The lowest BCUT2D eigenvalue weighted by molar-refractivity contribution is -0.133. The lowest BCUT2D eigenvalue weighted by atomic mass is 10.0. The molecular weight excluding hydrogens is 202 g/mol. The number of carbonyl (C=O) groups is 1. The zero-order chi connectivity index (χ0) is 12.9. The molecule has 0 aliphatic heterocycles. The van der Waals surface area contributed by atoms with E-state index in [2.05, 4.69) is 18.7 Å². The molecule has 4 heteroatoms. The lowest BCUT2D eigenvalue weighted by Gasteiger charge is -2.27. The molecule has 2 N–H and O–H groups in total. The SMILES string of the molecule is CC(C)C(N)CCN(C)C(C)C(=O)N(C)C. The smallest absolute Gasteiger partial charge is 0.239 e. The molecule has 0 saturated carbocycles. The minimum Gasteiger partial charge on any atom is -0.347 e. The summed E-state index contributed by atoms with van der Waals surface area (Å²) >= 11 is 0. The Kier molecular flexibility index (Phi) is 6.60. The molecule has 16 heavy (non-hydrogen) atoms. The van der Waals surface area contributed by atoms with Crippen LogP contribution in [0.2, 0.25) is 0 Å². The molecule has 0 aromatic carbocycles. The lowest BCUT2D eigenvalue weighted by Crippen LogP contribution is -2.44. The zero-order valence-electron chi connectivity index (χ0n) is 11.5. The first-order valence-corrected chi connectivity index (χ1v) is 5.94. The van der Waals surface area contributed by atoms with Crippen LogP contribution in [0.1, 0.15) is 27.2 Å². The summed E-state index contributed by atoms with van der Waals surface area (Å²) in [6.07, 6.45) is 0.930. The molecule has 0 aromatic heterocycles. The normalized spacial score (nSPS) is 15.3. The second-order valence-electron chi connectivity index (χ2n) is 5.09. The molecule has 1 amide bonds. The van der Waals surface area contributed by atoms with Gasteiger partial charge in [-0.25, -0.2) is 0 Å². The first-order chi connectivity index (χ1) is 7.27. The fourth-order valence-electron chi connectivity index (χ4n) is 1.44. The Morgan fingerprint density at radius 3 is 2.06 bits per heavy atom. The van der Waals surface area contributed by atoms with Gasteiger partial charge in [0.1, 0.15) is 0 Å². The highest BCUT2D eigenvalue weighted by Crippen LogP contribution is 2.06. The molecule has 0 rings (SSSR count). The molecule has 4 nitrogen and oxygen atoms in total. The number of amides is 1. The average molecular weight is 229 g/mol. The van der Waals surface area contributed by atoms with Gasteiger partial charge >= 0.3 is 0 Å². The Labute approximate surface area is 99.8 Å². The van der Waals surface area contributed by atoms with Crippen molar-refractivity contribution in [2.45, 2.75) is 39.3 Å². The number of hydrogen-bond donors (Lipinski definition) is 1. The van der Waals surface area contributed by atoms with Crippen molar-refractivity contribution in [3.63, 3.8) is 0 Å². The van der Waals surface area contributed by atoms with Crippen LogP contribution in [0.4, 0.5) is 0 Å². The van der Waals surface area contributed by atoms with Crippen LogP contribution in [-0.2, 0) is 4.79 Å². The summed E-state index contributed by atoms with van der Waals surface area (Å²) in [5.74, 6) is 0.633. The zero-order valence-corrected chi connectivity index (χ0v) is 11.5. The maximum atomic E-state index is 11.7. The van der Waals surface area contributed by atoms with Crippen molar-refractivity contribution in [1.29, 1.82) is 0 Å². The summed E-state index contributed by atoms with van der Waals surface area (Å²) in [6, 6.07) is 0.137.